The lowest BCUT2D eigenvalue weighted by Gasteiger charge is -2.13. The Kier molecular flexibility index (Phi) is 3.03. The molecule has 0 aliphatic carbocycles. The number of fused-ring (bicyclic) bond motifs is 1. The van der Waals surface area contributed by atoms with Crippen LogP contribution in [0.1, 0.15) is 11.1 Å². The van der Waals surface area contributed by atoms with E-state index in [-0.39, 0.29) is 0 Å². The third kappa shape index (κ3) is 2.07. The normalized spacial score (nSPS) is 10.7. The third-order valence-corrected chi connectivity index (χ3v) is 3.56. The Morgan fingerprint density at radius 3 is 2.65 bits per heavy atom. The van der Waals surface area contributed by atoms with Gasteiger partial charge >= 0.3 is 0 Å². The smallest absolute Gasteiger partial charge is 0.151 e. The highest BCUT2D eigenvalue weighted by Gasteiger charge is 2.09. The SMILES string of the molecule is Cc1cccc(Oc2ccc3ncccc3c2N)c1C. The predicted molar refractivity (Wildman–Crippen MR) is 82.1 cm³/mol. The zero-order valence-corrected chi connectivity index (χ0v) is 11.6. The molecule has 0 saturated heterocycles. The number of rotatable bonds is 2. The summed E-state index contributed by atoms with van der Waals surface area (Å²) < 4.78 is 5.98. The fourth-order valence-corrected chi connectivity index (χ4v) is 2.20. The topological polar surface area (TPSA) is 48.1 Å². The molecule has 3 rings (SSSR count). The molecule has 0 saturated carbocycles. The Morgan fingerprint density at radius 1 is 0.950 bits per heavy atom. The third-order valence-electron chi connectivity index (χ3n) is 3.56. The molecule has 1 heterocycles. The van der Waals surface area contributed by atoms with Crippen LogP contribution in [0.4, 0.5) is 5.69 Å². The van der Waals surface area contributed by atoms with Crippen molar-refractivity contribution < 1.29 is 4.74 Å². The van der Waals surface area contributed by atoms with Crippen molar-refractivity contribution >= 4 is 16.6 Å². The fourth-order valence-electron chi connectivity index (χ4n) is 2.20. The van der Waals surface area contributed by atoms with Gasteiger partial charge in [0, 0.05) is 11.6 Å². The fraction of sp³-hybridized carbons (Fsp3) is 0.118. The van der Waals surface area contributed by atoms with Crippen molar-refractivity contribution in [2.45, 2.75) is 13.8 Å². The first kappa shape index (κ1) is 12.5. The second-order valence-corrected chi connectivity index (χ2v) is 4.85. The Balaban J connectivity index is 2.07. The van der Waals surface area contributed by atoms with Gasteiger partial charge in [0.05, 0.1) is 11.2 Å². The van der Waals surface area contributed by atoms with Crippen LogP contribution < -0.4 is 10.5 Å². The summed E-state index contributed by atoms with van der Waals surface area (Å²) in [7, 11) is 0. The van der Waals surface area contributed by atoms with Gasteiger partial charge in [-0.05, 0) is 55.3 Å². The van der Waals surface area contributed by atoms with Gasteiger partial charge in [-0.3, -0.25) is 4.98 Å². The minimum atomic E-state index is 0.622. The van der Waals surface area contributed by atoms with Gasteiger partial charge in [-0.15, -0.1) is 0 Å². The Labute approximate surface area is 118 Å². The maximum absolute atomic E-state index is 6.19. The van der Waals surface area contributed by atoms with E-state index < -0.39 is 0 Å². The van der Waals surface area contributed by atoms with Crippen molar-refractivity contribution in [3.63, 3.8) is 0 Å². The van der Waals surface area contributed by atoms with E-state index in [0.29, 0.717) is 11.4 Å². The van der Waals surface area contributed by atoms with Gasteiger partial charge in [0.15, 0.2) is 5.75 Å². The van der Waals surface area contributed by atoms with Crippen LogP contribution in [0.2, 0.25) is 0 Å². The number of hydrogen-bond donors (Lipinski definition) is 1. The van der Waals surface area contributed by atoms with Gasteiger partial charge in [0.1, 0.15) is 5.75 Å². The molecule has 3 heteroatoms. The van der Waals surface area contributed by atoms with E-state index >= 15 is 0 Å². The first-order valence-corrected chi connectivity index (χ1v) is 6.54. The molecule has 100 valence electrons. The number of ether oxygens (including phenoxy) is 1. The summed E-state index contributed by atoms with van der Waals surface area (Å²) in [4.78, 5) is 4.29. The van der Waals surface area contributed by atoms with Crippen molar-refractivity contribution in [2.75, 3.05) is 5.73 Å². The molecule has 0 bridgehead atoms. The summed E-state index contributed by atoms with van der Waals surface area (Å²) in [6.07, 6.45) is 1.76. The molecule has 3 aromatic rings. The minimum Gasteiger partial charge on any atom is -0.455 e. The Bertz CT molecular complexity index is 781. The van der Waals surface area contributed by atoms with E-state index in [4.69, 9.17) is 10.5 Å². The highest BCUT2D eigenvalue weighted by atomic mass is 16.5. The van der Waals surface area contributed by atoms with Crippen LogP contribution in [0.15, 0.2) is 48.7 Å². The van der Waals surface area contributed by atoms with Crippen LogP contribution in [0.25, 0.3) is 10.9 Å². The lowest BCUT2D eigenvalue weighted by atomic mass is 10.1. The number of anilines is 1. The number of benzene rings is 2. The van der Waals surface area contributed by atoms with Crippen LogP contribution >= 0.6 is 0 Å². The molecule has 0 aliphatic rings. The lowest BCUT2D eigenvalue weighted by molar-refractivity contribution is 0.481. The number of aryl methyl sites for hydroxylation is 1. The van der Waals surface area contributed by atoms with Crippen molar-refractivity contribution in [3.8, 4) is 11.5 Å². The van der Waals surface area contributed by atoms with Gasteiger partial charge in [0.25, 0.3) is 0 Å². The molecule has 0 radical (unpaired) electrons. The quantitative estimate of drug-likeness (QED) is 0.705. The molecule has 20 heavy (non-hydrogen) atoms. The predicted octanol–water partition coefficient (Wildman–Crippen LogP) is 4.23. The largest absolute Gasteiger partial charge is 0.455 e. The molecule has 0 amide bonds. The van der Waals surface area contributed by atoms with Crippen molar-refractivity contribution in [2.24, 2.45) is 0 Å². The summed E-state index contributed by atoms with van der Waals surface area (Å²) in [5.74, 6) is 1.50. The number of nitrogen functional groups attached to an aromatic ring is 1. The van der Waals surface area contributed by atoms with Crippen LogP contribution in [0.3, 0.4) is 0 Å². The van der Waals surface area contributed by atoms with Gasteiger partial charge in [-0.1, -0.05) is 12.1 Å². The monoisotopic (exact) mass is 264 g/mol. The van der Waals surface area contributed by atoms with Crippen molar-refractivity contribution in [3.05, 3.63) is 59.8 Å². The average Bonchev–Trinajstić information content (AvgIpc) is 2.47. The maximum atomic E-state index is 6.19. The number of nitrogens with zero attached hydrogens (tertiary/aromatic N) is 1. The standard InChI is InChI=1S/C17H16N2O/c1-11-5-3-7-15(12(11)2)20-16-9-8-14-13(17(16)18)6-4-10-19-14/h3-10H,18H2,1-2H3. The molecule has 0 aliphatic heterocycles. The minimum absolute atomic E-state index is 0.622. The Morgan fingerprint density at radius 2 is 1.80 bits per heavy atom. The first-order chi connectivity index (χ1) is 9.66. The van der Waals surface area contributed by atoms with Gasteiger partial charge in [0.2, 0.25) is 0 Å². The van der Waals surface area contributed by atoms with E-state index in [9.17, 15) is 0 Å². The second-order valence-electron chi connectivity index (χ2n) is 4.85. The van der Waals surface area contributed by atoms with Crippen molar-refractivity contribution in [1.82, 2.24) is 4.98 Å². The van der Waals surface area contributed by atoms with Crippen LogP contribution in [-0.4, -0.2) is 4.98 Å². The molecular weight excluding hydrogens is 248 g/mol. The summed E-state index contributed by atoms with van der Waals surface area (Å²) in [6, 6.07) is 13.6. The van der Waals surface area contributed by atoms with Gasteiger partial charge in [-0.25, -0.2) is 0 Å². The number of pyridine rings is 1. The maximum Gasteiger partial charge on any atom is 0.151 e. The van der Waals surface area contributed by atoms with E-state index in [1.165, 1.54) is 5.56 Å². The summed E-state index contributed by atoms with van der Waals surface area (Å²) in [5.41, 5.74) is 10.0. The van der Waals surface area contributed by atoms with Crippen LogP contribution in [-0.2, 0) is 0 Å². The summed E-state index contributed by atoms with van der Waals surface area (Å²) in [6.45, 7) is 4.11. The molecule has 1 aromatic heterocycles. The first-order valence-electron chi connectivity index (χ1n) is 6.54. The Hall–Kier alpha value is -2.55. The van der Waals surface area contributed by atoms with Crippen LogP contribution in [0.5, 0.6) is 11.5 Å². The number of hydrogen-bond acceptors (Lipinski definition) is 3. The van der Waals surface area contributed by atoms with E-state index in [1.807, 2.05) is 43.3 Å². The van der Waals surface area contributed by atoms with Crippen LogP contribution in [0, 0.1) is 13.8 Å². The van der Waals surface area contributed by atoms with Crippen molar-refractivity contribution in [1.29, 1.82) is 0 Å². The molecular formula is C17H16N2O. The highest BCUT2D eigenvalue weighted by molar-refractivity contribution is 5.93. The summed E-state index contributed by atoms with van der Waals surface area (Å²) in [5, 5.41) is 0.912. The summed E-state index contributed by atoms with van der Waals surface area (Å²) >= 11 is 0. The second kappa shape index (κ2) is 4.85. The lowest BCUT2D eigenvalue weighted by Crippen LogP contribution is -1.96. The molecule has 2 aromatic carbocycles. The average molecular weight is 264 g/mol. The molecule has 3 nitrogen and oxygen atoms in total. The molecule has 0 spiro atoms. The van der Waals surface area contributed by atoms with E-state index in [0.717, 1.165) is 22.2 Å². The zero-order chi connectivity index (χ0) is 14.1. The van der Waals surface area contributed by atoms with E-state index in [1.54, 1.807) is 6.20 Å². The molecule has 0 atom stereocenters. The van der Waals surface area contributed by atoms with Gasteiger partial charge < -0.3 is 10.5 Å². The van der Waals surface area contributed by atoms with Gasteiger partial charge in [-0.2, -0.15) is 0 Å². The van der Waals surface area contributed by atoms with E-state index in [2.05, 4.69) is 18.0 Å². The molecule has 0 unspecified atom stereocenters. The molecule has 2 N–H and O–H groups in total. The zero-order valence-electron chi connectivity index (χ0n) is 11.6. The number of nitrogens with two attached hydrogens (primary N) is 1. The number of aromatic nitrogens is 1. The highest BCUT2D eigenvalue weighted by Crippen LogP contribution is 2.34. The molecule has 0 fully saturated rings.